The Hall–Kier alpha value is -1.31. The van der Waals surface area contributed by atoms with E-state index in [2.05, 4.69) is 11.3 Å². The number of ether oxygens (including phenoxy) is 1. The van der Waals surface area contributed by atoms with Crippen LogP contribution in [0.1, 0.15) is 6.92 Å². The second kappa shape index (κ2) is 5.82. The van der Waals surface area contributed by atoms with Crippen LogP contribution in [-0.2, 0) is 9.53 Å². The van der Waals surface area contributed by atoms with Crippen LogP contribution in [0, 0.1) is 0 Å². The van der Waals surface area contributed by atoms with Gasteiger partial charge in [0.1, 0.15) is 0 Å². The molecular formula is C8H10O2. The van der Waals surface area contributed by atoms with Crippen molar-refractivity contribution in [2.45, 2.75) is 6.92 Å². The normalized spacial score (nSPS) is 10.5. The van der Waals surface area contributed by atoms with Crippen LogP contribution in [0.15, 0.2) is 37.1 Å². The van der Waals surface area contributed by atoms with E-state index < -0.39 is 0 Å². The van der Waals surface area contributed by atoms with E-state index in [4.69, 9.17) is 0 Å². The number of allylic oxidation sites excluding steroid dienone is 4. The van der Waals surface area contributed by atoms with Crippen molar-refractivity contribution in [3.05, 3.63) is 37.1 Å². The molecule has 0 aromatic rings. The molecule has 0 aliphatic heterocycles. The van der Waals surface area contributed by atoms with Crippen LogP contribution in [0.25, 0.3) is 0 Å². The Bertz CT molecular complexity index is 166. The summed E-state index contributed by atoms with van der Waals surface area (Å²) in [4.78, 5) is 10.2. The Morgan fingerprint density at radius 2 is 2.10 bits per heavy atom. The number of hydrogen-bond donors (Lipinski definition) is 0. The molecule has 0 unspecified atom stereocenters. The van der Waals surface area contributed by atoms with Gasteiger partial charge in [-0.2, -0.15) is 0 Å². The summed E-state index contributed by atoms with van der Waals surface area (Å²) in [5, 5.41) is 0. The van der Waals surface area contributed by atoms with Gasteiger partial charge in [0.05, 0.1) is 6.26 Å². The molecule has 2 heteroatoms. The fourth-order valence-corrected chi connectivity index (χ4v) is 0.323. The van der Waals surface area contributed by atoms with Crippen molar-refractivity contribution in [1.29, 1.82) is 0 Å². The van der Waals surface area contributed by atoms with Crippen molar-refractivity contribution in [3.63, 3.8) is 0 Å². The smallest absolute Gasteiger partial charge is 0.307 e. The first-order valence-corrected chi connectivity index (χ1v) is 2.89. The van der Waals surface area contributed by atoms with Gasteiger partial charge in [-0.3, -0.25) is 4.79 Å². The van der Waals surface area contributed by atoms with Crippen LogP contribution in [0.4, 0.5) is 0 Å². The van der Waals surface area contributed by atoms with Gasteiger partial charge in [0.15, 0.2) is 0 Å². The second-order valence-corrected chi connectivity index (χ2v) is 1.56. The summed E-state index contributed by atoms with van der Waals surface area (Å²) in [6, 6.07) is 0. The number of esters is 1. The van der Waals surface area contributed by atoms with Crippen molar-refractivity contribution in [2.24, 2.45) is 0 Å². The van der Waals surface area contributed by atoms with Gasteiger partial charge in [0.2, 0.25) is 0 Å². The molecule has 0 N–H and O–H groups in total. The molecule has 2 nitrogen and oxygen atoms in total. The van der Waals surface area contributed by atoms with E-state index in [1.165, 1.54) is 13.2 Å². The van der Waals surface area contributed by atoms with E-state index >= 15 is 0 Å². The summed E-state index contributed by atoms with van der Waals surface area (Å²) in [6.45, 7) is 4.81. The van der Waals surface area contributed by atoms with E-state index in [1.807, 2.05) is 0 Å². The Balaban J connectivity index is 3.46. The third kappa shape index (κ3) is 6.69. The zero-order valence-corrected chi connectivity index (χ0v) is 5.91. The zero-order chi connectivity index (χ0) is 7.82. The van der Waals surface area contributed by atoms with Gasteiger partial charge in [0.25, 0.3) is 0 Å². The van der Waals surface area contributed by atoms with Gasteiger partial charge in [0, 0.05) is 6.92 Å². The minimum atomic E-state index is -0.316. The standard InChI is InChI=1S/C8H10O2/c1-3-4-5-6-7-10-8(2)9/h3-7H,1H2,2H3/b5-4-,7-6-. The summed E-state index contributed by atoms with van der Waals surface area (Å²) in [5.74, 6) is -0.316. The molecule has 0 saturated carbocycles. The zero-order valence-electron chi connectivity index (χ0n) is 5.91. The molecule has 0 spiro atoms. The highest BCUT2D eigenvalue weighted by Crippen LogP contribution is 1.81. The number of carbonyl (C=O) groups excluding carboxylic acids is 1. The number of carbonyl (C=O) groups is 1. The Kier molecular flexibility index (Phi) is 5.06. The molecule has 0 aromatic heterocycles. The first-order chi connectivity index (χ1) is 4.77. The van der Waals surface area contributed by atoms with E-state index in [1.54, 1.807) is 24.3 Å². The second-order valence-electron chi connectivity index (χ2n) is 1.56. The molecule has 0 bridgehead atoms. The third-order valence-corrected chi connectivity index (χ3v) is 0.671. The Labute approximate surface area is 60.5 Å². The predicted molar refractivity (Wildman–Crippen MR) is 40.2 cm³/mol. The maximum atomic E-state index is 10.2. The summed E-state index contributed by atoms with van der Waals surface area (Å²) >= 11 is 0. The van der Waals surface area contributed by atoms with E-state index in [-0.39, 0.29) is 5.97 Å². The molecule has 0 rings (SSSR count). The molecule has 0 aliphatic carbocycles. The fourth-order valence-electron chi connectivity index (χ4n) is 0.323. The lowest BCUT2D eigenvalue weighted by atomic mass is 10.5. The lowest BCUT2D eigenvalue weighted by Crippen LogP contribution is -1.88. The quantitative estimate of drug-likeness (QED) is 0.337. The van der Waals surface area contributed by atoms with Gasteiger partial charge in [-0.1, -0.05) is 24.8 Å². The predicted octanol–water partition coefficient (Wildman–Crippen LogP) is 1.81. The highest BCUT2D eigenvalue weighted by Gasteiger charge is 1.81. The first kappa shape index (κ1) is 8.69. The van der Waals surface area contributed by atoms with Crippen LogP contribution < -0.4 is 0 Å². The summed E-state index contributed by atoms with van der Waals surface area (Å²) in [7, 11) is 0. The molecular weight excluding hydrogens is 128 g/mol. The first-order valence-electron chi connectivity index (χ1n) is 2.89. The largest absolute Gasteiger partial charge is 0.435 e. The maximum absolute atomic E-state index is 10.2. The molecule has 0 fully saturated rings. The van der Waals surface area contributed by atoms with Crippen LogP contribution >= 0.6 is 0 Å². The molecule has 0 aliphatic rings. The van der Waals surface area contributed by atoms with Crippen LogP contribution in [0.2, 0.25) is 0 Å². The summed E-state index contributed by atoms with van der Waals surface area (Å²) in [5.41, 5.74) is 0. The van der Waals surface area contributed by atoms with E-state index in [0.29, 0.717) is 0 Å². The van der Waals surface area contributed by atoms with Gasteiger partial charge >= 0.3 is 5.97 Å². The molecule has 10 heavy (non-hydrogen) atoms. The SMILES string of the molecule is C=C/C=C\C=C/OC(C)=O. The molecule has 0 saturated heterocycles. The molecule has 0 radical (unpaired) electrons. The molecule has 0 aromatic carbocycles. The van der Waals surface area contributed by atoms with E-state index in [9.17, 15) is 4.79 Å². The van der Waals surface area contributed by atoms with Crippen molar-refractivity contribution < 1.29 is 9.53 Å². The summed E-state index contributed by atoms with van der Waals surface area (Å²) < 4.78 is 4.48. The molecule has 0 amide bonds. The average molecular weight is 138 g/mol. The van der Waals surface area contributed by atoms with Crippen molar-refractivity contribution in [2.75, 3.05) is 0 Å². The van der Waals surface area contributed by atoms with Crippen LogP contribution in [0.3, 0.4) is 0 Å². The van der Waals surface area contributed by atoms with Crippen molar-refractivity contribution >= 4 is 5.97 Å². The lowest BCUT2D eigenvalue weighted by Gasteiger charge is -1.86. The topological polar surface area (TPSA) is 26.3 Å². The Morgan fingerprint density at radius 1 is 1.40 bits per heavy atom. The lowest BCUT2D eigenvalue weighted by molar-refractivity contribution is -0.135. The van der Waals surface area contributed by atoms with Gasteiger partial charge in [-0.15, -0.1) is 0 Å². The third-order valence-electron chi connectivity index (χ3n) is 0.671. The molecule has 0 atom stereocenters. The highest BCUT2D eigenvalue weighted by atomic mass is 16.5. The maximum Gasteiger partial charge on any atom is 0.307 e. The van der Waals surface area contributed by atoms with Crippen molar-refractivity contribution in [3.8, 4) is 0 Å². The monoisotopic (exact) mass is 138 g/mol. The van der Waals surface area contributed by atoms with Crippen molar-refractivity contribution in [1.82, 2.24) is 0 Å². The minimum absolute atomic E-state index is 0.316. The van der Waals surface area contributed by atoms with Gasteiger partial charge < -0.3 is 4.74 Å². The average Bonchev–Trinajstić information content (AvgIpc) is 1.87. The Morgan fingerprint density at radius 3 is 2.60 bits per heavy atom. The number of rotatable bonds is 3. The molecule has 54 valence electrons. The van der Waals surface area contributed by atoms with Gasteiger partial charge in [-0.25, -0.2) is 0 Å². The molecule has 0 heterocycles. The van der Waals surface area contributed by atoms with E-state index in [0.717, 1.165) is 0 Å². The van der Waals surface area contributed by atoms with Gasteiger partial charge in [-0.05, 0) is 6.08 Å². The minimum Gasteiger partial charge on any atom is -0.435 e. The summed E-state index contributed by atoms with van der Waals surface area (Å²) in [6.07, 6.45) is 8.03. The fraction of sp³-hybridized carbons (Fsp3) is 0.125. The highest BCUT2D eigenvalue weighted by molar-refractivity contribution is 5.66. The van der Waals surface area contributed by atoms with Crippen LogP contribution in [-0.4, -0.2) is 5.97 Å². The number of hydrogen-bond acceptors (Lipinski definition) is 2. The van der Waals surface area contributed by atoms with Crippen LogP contribution in [0.5, 0.6) is 0 Å².